The molecule has 132 valence electrons. The first-order valence-electron chi connectivity index (χ1n) is 7.84. The molecule has 0 bridgehead atoms. The van der Waals surface area contributed by atoms with Gasteiger partial charge < -0.3 is 14.0 Å². The predicted molar refractivity (Wildman–Crippen MR) is 97.6 cm³/mol. The fraction of sp³-hybridized carbons (Fsp3) is 0.333. The summed E-state index contributed by atoms with van der Waals surface area (Å²) in [5.41, 5.74) is 4.30. The number of nitrogens with zero attached hydrogens (tertiary/aromatic N) is 3. The molecular formula is C18H21N3O3S. The van der Waals surface area contributed by atoms with Crippen LogP contribution in [0.15, 0.2) is 29.6 Å². The molecule has 25 heavy (non-hydrogen) atoms. The molecule has 6 nitrogen and oxygen atoms in total. The molecule has 0 aliphatic carbocycles. The van der Waals surface area contributed by atoms with E-state index in [0.717, 1.165) is 39.4 Å². The van der Waals surface area contributed by atoms with E-state index in [1.165, 1.54) is 0 Å². The third kappa shape index (κ3) is 3.11. The molecule has 0 radical (unpaired) electrons. The molecule has 0 N–H and O–H groups in total. The van der Waals surface area contributed by atoms with Crippen LogP contribution >= 0.6 is 0 Å². The number of fused-ring (bicyclic) bond motifs is 1. The number of ether oxygens (including phenoxy) is 2. The summed E-state index contributed by atoms with van der Waals surface area (Å²) in [6, 6.07) is 5.60. The lowest BCUT2D eigenvalue weighted by atomic mass is 10.1. The number of imidazole rings is 1. The topological polar surface area (TPSA) is 66.2 Å². The van der Waals surface area contributed by atoms with Crippen LogP contribution < -0.4 is 9.47 Å². The Morgan fingerprint density at radius 3 is 2.64 bits per heavy atom. The zero-order valence-electron chi connectivity index (χ0n) is 15.0. The molecule has 0 amide bonds. The van der Waals surface area contributed by atoms with Crippen LogP contribution in [-0.2, 0) is 23.6 Å². The number of benzene rings is 1. The van der Waals surface area contributed by atoms with Crippen molar-refractivity contribution in [3.05, 3.63) is 41.2 Å². The van der Waals surface area contributed by atoms with Gasteiger partial charge in [-0.05, 0) is 26.0 Å². The predicted octanol–water partition coefficient (Wildman–Crippen LogP) is 2.91. The largest absolute Gasteiger partial charge is 0.497 e. The van der Waals surface area contributed by atoms with Gasteiger partial charge in [-0.2, -0.15) is 0 Å². The van der Waals surface area contributed by atoms with Gasteiger partial charge in [0.1, 0.15) is 11.5 Å². The maximum absolute atomic E-state index is 12.9. The van der Waals surface area contributed by atoms with Gasteiger partial charge in [0.05, 0.1) is 47.5 Å². The van der Waals surface area contributed by atoms with Crippen molar-refractivity contribution in [3.8, 4) is 11.5 Å². The first-order valence-corrected chi connectivity index (χ1v) is 9.16. The second-order valence-corrected chi connectivity index (χ2v) is 7.19. The van der Waals surface area contributed by atoms with E-state index in [4.69, 9.17) is 9.47 Å². The first-order chi connectivity index (χ1) is 12.0. The molecule has 0 spiro atoms. The van der Waals surface area contributed by atoms with E-state index in [1.54, 1.807) is 20.4 Å². The maximum atomic E-state index is 12.9. The van der Waals surface area contributed by atoms with Gasteiger partial charge in [-0.25, -0.2) is 4.98 Å². The van der Waals surface area contributed by atoms with Gasteiger partial charge in [-0.15, -0.1) is 0 Å². The van der Waals surface area contributed by atoms with Crippen molar-refractivity contribution in [2.75, 3.05) is 14.2 Å². The number of hydrogen-bond donors (Lipinski definition) is 0. The normalized spacial score (nSPS) is 12.4. The van der Waals surface area contributed by atoms with Crippen molar-refractivity contribution < 1.29 is 13.7 Å². The standard InChI is InChI=1S/C18H21N3O3S/c1-11-9-19-15(12(2)17(11)24-5)10-25(22)18-20-14-7-6-13(23-4)8-16(14)21(18)3/h6-9H,10H2,1-5H3/t25-/m0/s1. The lowest BCUT2D eigenvalue weighted by molar-refractivity contribution is 0.407. The number of rotatable bonds is 5. The minimum absolute atomic E-state index is 0.288. The molecule has 1 aromatic carbocycles. The molecule has 0 saturated heterocycles. The maximum Gasteiger partial charge on any atom is 0.200 e. The number of aryl methyl sites for hydroxylation is 2. The average Bonchev–Trinajstić information content (AvgIpc) is 2.94. The SMILES string of the molecule is COc1ccc2nc([S@@](=O)Cc3ncc(C)c(OC)c3C)n(C)c2c1. The van der Waals surface area contributed by atoms with Crippen molar-refractivity contribution in [2.45, 2.75) is 24.8 Å². The van der Waals surface area contributed by atoms with Crippen LogP contribution in [0.1, 0.15) is 16.8 Å². The van der Waals surface area contributed by atoms with Crippen LogP contribution in [0.5, 0.6) is 11.5 Å². The Hall–Kier alpha value is -2.41. The lowest BCUT2D eigenvalue weighted by Gasteiger charge is -2.12. The molecule has 1 atom stereocenters. The summed E-state index contributed by atoms with van der Waals surface area (Å²) in [6.45, 7) is 3.88. The van der Waals surface area contributed by atoms with E-state index in [9.17, 15) is 4.21 Å². The molecule has 0 saturated carbocycles. The monoisotopic (exact) mass is 359 g/mol. The molecule has 0 fully saturated rings. The Kier molecular flexibility index (Phi) is 4.76. The van der Waals surface area contributed by atoms with E-state index < -0.39 is 10.8 Å². The first kappa shape index (κ1) is 17.4. The van der Waals surface area contributed by atoms with Gasteiger partial charge in [0.15, 0.2) is 5.16 Å². The van der Waals surface area contributed by atoms with Gasteiger partial charge in [0.2, 0.25) is 0 Å². The molecular weight excluding hydrogens is 338 g/mol. The lowest BCUT2D eigenvalue weighted by Crippen LogP contribution is -2.07. The third-order valence-electron chi connectivity index (χ3n) is 4.27. The van der Waals surface area contributed by atoms with Crippen LogP contribution in [-0.4, -0.2) is 33.0 Å². The average molecular weight is 359 g/mol. The summed E-state index contributed by atoms with van der Waals surface area (Å²) in [5, 5.41) is 0.518. The highest BCUT2D eigenvalue weighted by atomic mass is 32.2. The molecule has 0 aliphatic heterocycles. The molecule has 3 aromatic rings. The van der Waals surface area contributed by atoms with Crippen molar-refractivity contribution >= 4 is 21.8 Å². The van der Waals surface area contributed by atoms with Crippen molar-refractivity contribution in [1.82, 2.24) is 14.5 Å². The zero-order chi connectivity index (χ0) is 18.1. The van der Waals surface area contributed by atoms with Gasteiger partial charge in [0.25, 0.3) is 0 Å². The van der Waals surface area contributed by atoms with E-state index in [1.807, 2.05) is 43.7 Å². The van der Waals surface area contributed by atoms with E-state index >= 15 is 0 Å². The van der Waals surface area contributed by atoms with Crippen LogP contribution in [0.2, 0.25) is 0 Å². The highest BCUT2D eigenvalue weighted by Crippen LogP contribution is 2.27. The number of pyridine rings is 1. The Morgan fingerprint density at radius 2 is 1.96 bits per heavy atom. The molecule has 2 aromatic heterocycles. The van der Waals surface area contributed by atoms with Gasteiger partial charge in [0, 0.05) is 30.4 Å². The molecule has 0 unspecified atom stereocenters. The highest BCUT2D eigenvalue weighted by molar-refractivity contribution is 7.84. The summed E-state index contributed by atoms with van der Waals surface area (Å²) in [5.74, 6) is 1.82. The second kappa shape index (κ2) is 6.84. The Labute approximate surface area is 149 Å². The van der Waals surface area contributed by atoms with Crippen molar-refractivity contribution in [3.63, 3.8) is 0 Å². The van der Waals surface area contributed by atoms with Crippen molar-refractivity contribution in [1.29, 1.82) is 0 Å². The molecule has 2 heterocycles. The van der Waals surface area contributed by atoms with E-state index in [0.29, 0.717) is 5.16 Å². The van der Waals surface area contributed by atoms with Gasteiger partial charge in [-0.1, -0.05) is 0 Å². The van der Waals surface area contributed by atoms with E-state index in [-0.39, 0.29) is 5.75 Å². The van der Waals surface area contributed by atoms with Crippen LogP contribution in [0.3, 0.4) is 0 Å². The van der Waals surface area contributed by atoms with Gasteiger partial charge >= 0.3 is 0 Å². The smallest absolute Gasteiger partial charge is 0.200 e. The fourth-order valence-electron chi connectivity index (χ4n) is 2.88. The highest BCUT2D eigenvalue weighted by Gasteiger charge is 2.18. The van der Waals surface area contributed by atoms with Crippen LogP contribution in [0, 0.1) is 13.8 Å². The van der Waals surface area contributed by atoms with Crippen molar-refractivity contribution in [2.24, 2.45) is 7.05 Å². The number of hydrogen-bond acceptors (Lipinski definition) is 5. The zero-order valence-corrected chi connectivity index (χ0v) is 15.8. The minimum atomic E-state index is -1.32. The Morgan fingerprint density at radius 1 is 1.20 bits per heavy atom. The number of methoxy groups -OCH3 is 2. The molecule has 7 heteroatoms. The second-order valence-electron chi connectivity index (χ2n) is 5.84. The summed E-state index contributed by atoms with van der Waals surface area (Å²) in [4.78, 5) is 8.95. The fourth-order valence-corrected chi connectivity index (χ4v) is 4.16. The van der Waals surface area contributed by atoms with E-state index in [2.05, 4.69) is 9.97 Å². The summed E-state index contributed by atoms with van der Waals surface area (Å²) in [7, 11) is 3.79. The minimum Gasteiger partial charge on any atom is -0.497 e. The number of aromatic nitrogens is 3. The van der Waals surface area contributed by atoms with Crippen LogP contribution in [0.25, 0.3) is 11.0 Å². The quantitative estimate of drug-likeness (QED) is 0.701. The van der Waals surface area contributed by atoms with Crippen LogP contribution in [0.4, 0.5) is 0 Å². The van der Waals surface area contributed by atoms with Gasteiger partial charge in [-0.3, -0.25) is 9.19 Å². The Bertz CT molecular complexity index is 966. The third-order valence-corrected chi connectivity index (χ3v) is 5.58. The summed E-state index contributed by atoms with van der Waals surface area (Å²) in [6.07, 6.45) is 1.75. The summed E-state index contributed by atoms with van der Waals surface area (Å²) >= 11 is 0. The molecule has 0 aliphatic rings. The Balaban J connectivity index is 1.97. The summed E-state index contributed by atoms with van der Waals surface area (Å²) < 4.78 is 25.4. The molecule has 3 rings (SSSR count).